The molecule has 1 heterocycles. The van der Waals surface area contributed by atoms with Gasteiger partial charge in [0.1, 0.15) is 5.02 Å². The Morgan fingerprint density at radius 3 is 2.61 bits per heavy atom. The van der Waals surface area contributed by atoms with Crippen molar-refractivity contribution in [1.29, 1.82) is 0 Å². The van der Waals surface area contributed by atoms with Gasteiger partial charge in [0.2, 0.25) is 5.90 Å². The smallest absolute Gasteiger partial charge is 0.363 e. The molecule has 0 N–H and O–H groups in total. The van der Waals surface area contributed by atoms with Crippen LogP contribution in [0.4, 0.5) is 5.69 Å². The molecule has 0 radical (unpaired) electrons. The van der Waals surface area contributed by atoms with Crippen molar-refractivity contribution in [1.82, 2.24) is 0 Å². The van der Waals surface area contributed by atoms with Crippen LogP contribution in [0.15, 0.2) is 59.2 Å². The summed E-state index contributed by atoms with van der Waals surface area (Å²) in [5.41, 5.74) is 0.942. The summed E-state index contributed by atoms with van der Waals surface area (Å²) in [4.78, 5) is 26.3. The zero-order valence-corrected chi connectivity index (χ0v) is 12.4. The number of nitro groups is 1. The molecule has 0 saturated carbocycles. The van der Waals surface area contributed by atoms with Gasteiger partial charge in [0.05, 0.1) is 4.92 Å². The van der Waals surface area contributed by atoms with Gasteiger partial charge in [-0.05, 0) is 29.8 Å². The highest BCUT2D eigenvalue weighted by Gasteiger charge is 2.24. The maximum Gasteiger partial charge on any atom is 0.363 e. The Morgan fingerprint density at radius 2 is 1.91 bits per heavy atom. The molecule has 0 atom stereocenters. The summed E-state index contributed by atoms with van der Waals surface area (Å²) in [5.74, 6) is -0.410. The van der Waals surface area contributed by atoms with E-state index < -0.39 is 10.9 Å². The highest BCUT2D eigenvalue weighted by Crippen LogP contribution is 2.27. The first-order valence-corrected chi connectivity index (χ1v) is 6.94. The van der Waals surface area contributed by atoms with E-state index in [9.17, 15) is 14.9 Å². The molecule has 7 heteroatoms. The molecule has 0 aliphatic carbocycles. The van der Waals surface area contributed by atoms with Crippen molar-refractivity contribution in [3.63, 3.8) is 0 Å². The highest BCUT2D eigenvalue weighted by molar-refractivity contribution is 6.32. The predicted octanol–water partition coefficient (Wildman–Crippen LogP) is 3.59. The minimum Gasteiger partial charge on any atom is -0.402 e. The van der Waals surface area contributed by atoms with Gasteiger partial charge in [0.25, 0.3) is 5.69 Å². The first kappa shape index (κ1) is 14.9. The van der Waals surface area contributed by atoms with E-state index in [1.807, 2.05) is 6.07 Å². The number of halogens is 1. The first-order chi connectivity index (χ1) is 11.0. The number of carbonyl (C=O) groups excluding carboxylic acids is 1. The van der Waals surface area contributed by atoms with E-state index in [2.05, 4.69) is 4.99 Å². The lowest BCUT2D eigenvalue weighted by molar-refractivity contribution is -0.384. The number of aliphatic imine (C=N–C) groups is 1. The van der Waals surface area contributed by atoms with Crippen molar-refractivity contribution in [2.45, 2.75) is 0 Å². The Balaban J connectivity index is 1.97. The zero-order chi connectivity index (χ0) is 16.4. The van der Waals surface area contributed by atoms with Gasteiger partial charge in [-0.15, -0.1) is 0 Å². The molecule has 1 aliphatic rings. The van der Waals surface area contributed by atoms with Gasteiger partial charge in [-0.1, -0.05) is 35.9 Å². The number of benzene rings is 2. The summed E-state index contributed by atoms with van der Waals surface area (Å²) < 4.78 is 5.12. The van der Waals surface area contributed by atoms with Crippen LogP contribution >= 0.6 is 11.6 Å². The molecule has 3 rings (SSSR count). The quantitative estimate of drug-likeness (QED) is 0.373. The molecule has 0 unspecified atom stereocenters. The first-order valence-electron chi connectivity index (χ1n) is 6.56. The van der Waals surface area contributed by atoms with Crippen LogP contribution in [-0.2, 0) is 9.53 Å². The summed E-state index contributed by atoms with van der Waals surface area (Å²) >= 11 is 5.76. The summed E-state index contributed by atoms with van der Waals surface area (Å²) in [6, 6.07) is 13.2. The maximum absolute atomic E-state index is 11.9. The van der Waals surface area contributed by atoms with Gasteiger partial charge in [0.15, 0.2) is 5.70 Å². The second-order valence-corrected chi connectivity index (χ2v) is 5.08. The largest absolute Gasteiger partial charge is 0.402 e. The van der Waals surface area contributed by atoms with Crippen molar-refractivity contribution < 1.29 is 14.5 Å². The van der Waals surface area contributed by atoms with Gasteiger partial charge in [0, 0.05) is 11.6 Å². The van der Waals surface area contributed by atoms with E-state index in [0.717, 1.165) is 0 Å². The van der Waals surface area contributed by atoms with Crippen molar-refractivity contribution in [2.24, 2.45) is 4.99 Å². The Labute approximate surface area is 135 Å². The lowest BCUT2D eigenvalue weighted by Gasteiger charge is -1.97. The molecule has 0 spiro atoms. The third kappa shape index (κ3) is 3.12. The Bertz CT molecular complexity index is 860. The molecule has 0 fully saturated rings. The number of hydrogen-bond acceptors (Lipinski definition) is 5. The molecular weight excluding hydrogens is 320 g/mol. The predicted molar refractivity (Wildman–Crippen MR) is 85.2 cm³/mol. The molecule has 0 saturated heterocycles. The molecule has 2 aromatic carbocycles. The minimum atomic E-state index is -0.610. The Morgan fingerprint density at radius 1 is 1.17 bits per heavy atom. The number of ether oxygens (including phenoxy) is 1. The number of cyclic esters (lactones) is 1. The van der Waals surface area contributed by atoms with E-state index in [-0.39, 0.29) is 22.3 Å². The maximum atomic E-state index is 11.9. The highest BCUT2D eigenvalue weighted by atomic mass is 35.5. The molecule has 1 aliphatic heterocycles. The third-order valence-corrected chi connectivity index (χ3v) is 3.43. The molecule has 0 amide bonds. The molecule has 2 aromatic rings. The van der Waals surface area contributed by atoms with Gasteiger partial charge in [-0.25, -0.2) is 9.79 Å². The summed E-state index contributed by atoms with van der Waals surface area (Å²) in [6.45, 7) is 0. The number of carbonyl (C=O) groups is 1. The molecule has 23 heavy (non-hydrogen) atoms. The fourth-order valence-electron chi connectivity index (χ4n) is 2.03. The van der Waals surface area contributed by atoms with Crippen molar-refractivity contribution in [3.05, 3.63) is 80.5 Å². The average Bonchev–Trinajstić information content (AvgIpc) is 2.91. The van der Waals surface area contributed by atoms with Crippen LogP contribution in [0.5, 0.6) is 0 Å². The molecule has 0 bridgehead atoms. The number of nitrogens with zero attached hydrogens (tertiary/aromatic N) is 2. The normalized spacial score (nSPS) is 15.4. The van der Waals surface area contributed by atoms with Crippen LogP contribution in [0.1, 0.15) is 11.1 Å². The topological polar surface area (TPSA) is 81.8 Å². The van der Waals surface area contributed by atoms with Crippen molar-refractivity contribution in [3.8, 4) is 0 Å². The lowest BCUT2D eigenvalue weighted by atomic mass is 10.1. The lowest BCUT2D eigenvalue weighted by Crippen LogP contribution is -2.04. The van der Waals surface area contributed by atoms with Crippen LogP contribution in [0.2, 0.25) is 5.02 Å². The van der Waals surface area contributed by atoms with Crippen LogP contribution < -0.4 is 0 Å². The third-order valence-electron chi connectivity index (χ3n) is 3.11. The Hall–Kier alpha value is -2.99. The summed E-state index contributed by atoms with van der Waals surface area (Å²) in [5, 5.41) is 10.9. The number of hydrogen-bond donors (Lipinski definition) is 0. The average molecular weight is 329 g/mol. The number of rotatable bonds is 3. The van der Waals surface area contributed by atoms with E-state index >= 15 is 0 Å². The van der Waals surface area contributed by atoms with Crippen LogP contribution in [0.25, 0.3) is 6.08 Å². The van der Waals surface area contributed by atoms with Gasteiger partial charge in [-0.2, -0.15) is 0 Å². The SMILES string of the molecule is O=C1OC(c2ccccc2)=N/C1=C/c1ccc(Cl)c([N+](=O)[O-])c1. The van der Waals surface area contributed by atoms with E-state index in [0.29, 0.717) is 11.1 Å². The number of nitro benzene ring substituents is 1. The van der Waals surface area contributed by atoms with E-state index in [1.54, 1.807) is 30.3 Å². The zero-order valence-electron chi connectivity index (χ0n) is 11.6. The number of esters is 1. The fourth-order valence-corrected chi connectivity index (χ4v) is 2.22. The van der Waals surface area contributed by atoms with E-state index in [4.69, 9.17) is 16.3 Å². The Kier molecular flexibility index (Phi) is 3.91. The van der Waals surface area contributed by atoms with Crippen molar-refractivity contribution >= 4 is 35.2 Å². The molecular formula is C16H9ClN2O4. The van der Waals surface area contributed by atoms with Gasteiger partial charge < -0.3 is 4.74 Å². The molecule has 0 aromatic heterocycles. The molecule has 114 valence electrons. The van der Waals surface area contributed by atoms with Gasteiger partial charge in [-0.3, -0.25) is 10.1 Å². The van der Waals surface area contributed by atoms with Gasteiger partial charge >= 0.3 is 5.97 Å². The van der Waals surface area contributed by atoms with Crippen LogP contribution in [0.3, 0.4) is 0 Å². The monoisotopic (exact) mass is 328 g/mol. The van der Waals surface area contributed by atoms with Crippen LogP contribution in [-0.4, -0.2) is 16.8 Å². The fraction of sp³-hybridized carbons (Fsp3) is 0. The minimum absolute atomic E-state index is 0.0274. The van der Waals surface area contributed by atoms with Crippen molar-refractivity contribution in [2.75, 3.05) is 0 Å². The van der Waals surface area contributed by atoms with Crippen LogP contribution in [0, 0.1) is 10.1 Å². The van der Waals surface area contributed by atoms with E-state index in [1.165, 1.54) is 18.2 Å². The second kappa shape index (κ2) is 6.02. The standard InChI is InChI=1S/C16H9ClN2O4/c17-12-7-6-10(9-14(12)19(21)22)8-13-16(20)23-15(18-13)11-4-2-1-3-5-11/h1-9H/b13-8+. The summed E-state index contributed by atoms with van der Waals surface area (Å²) in [6.07, 6.45) is 1.42. The summed E-state index contributed by atoms with van der Waals surface area (Å²) in [7, 11) is 0. The molecule has 6 nitrogen and oxygen atoms in total. The second-order valence-electron chi connectivity index (χ2n) is 4.67.